The van der Waals surface area contributed by atoms with Crippen LogP contribution in [0.4, 0.5) is 15.2 Å². The smallest absolute Gasteiger partial charge is 0.231 e. The fourth-order valence-electron chi connectivity index (χ4n) is 3.03. The van der Waals surface area contributed by atoms with Crippen molar-refractivity contribution < 1.29 is 14.0 Å². The second kappa shape index (κ2) is 8.31. The normalized spacial score (nSPS) is 18.0. The molecule has 3 rings (SSSR count). The third-order valence-corrected chi connectivity index (χ3v) is 5.88. The van der Waals surface area contributed by atoms with Crippen LogP contribution in [0.5, 0.6) is 0 Å². The number of nitrogens with zero attached hydrogens (tertiary/aromatic N) is 3. The van der Waals surface area contributed by atoms with Crippen molar-refractivity contribution in [1.82, 2.24) is 10.2 Å². The second-order valence-electron chi connectivity index (χ2n) is 6.63. The maximum atomic E-state index is 13.3. The fourth-order valence-corrected chi connectivity index (χ4v) is 4.04. The van der Waals surface area contributed by atoms with Gasteiger partial charge < -0.3 is 10.2 Å². The number of halogens is 2. The molecule has 0 aliphatic carbocycles. The molecule has 1 fully saturated rings. The molecule has 2 unspecified atom stereocenters. The van der Waals surface area contributed by atoms with E-state index in [1.54, 1.807) is 0 Å². The minimum absolute atomic E-state index is 0.0595. The van der Waals surface area contributed by atoms with Crippen molar-refractivity contribution in [3.63, 3.8) is 0 Å². The Kier molecular flexibility index (Phi) is 6.06. The topological polar surface area (TPSA) is 75.2 Å². The standard InChI is InChI=1S/C18H20ClFN4O2S/c1-3-4-10(2)17-22-23-18(27-17)21-16(26)11-7-15(25)24(9-11)12-5-6-14(20)13(19)8-12/h5-6,8,10-11H,3-4,7,9H2,1-2H3,(H,21,23,26). The number of amides is 2. The Hall–Kier alpha value is -2.06. The van der Waals surface area contributed by atoms with E-state index >= 15 is 0 Å². The predicted octanol–water partition coefficient (Wildman–Crippen LogP) is 4.23. The van der Waals surface area contributed by atoms with E-state index in [0.29, 0.717) is 16.7 Å². The largest absolute Gasteiger partial charge is 0.312 e. The van der Waals surface area contributed by atoms with Crippen LogP contribution < -0.4 is 10.2 Å². The van der Waals surface area contributed by atoms with Crippen LogP contribution in [0, 0.1) is 11.7 Å². The highest BCUT2D eigenvalue weighted by Gasteiger charge is 2.35. The SMILES string of the molecule is CCCC(C)c1nnc(NC(=O)C2CC(=O)N(c3ccc(F)c(Cl)c3)C2)s1. The van der Waals surface area contributed by atoms with Gasteiger partial charge in [-0.15, -0.1) is 10.2 Å². The summed E-state index contributed by atoms with van der Waals surface area (Å²) in [7, 11) is 0. The lowest BCUT2D eigenvalue weighted by Crippen LogP contribution is -2.28. The number of anilines is 2. The first-order valence-corrected chi connectivity index (χ1v) is 9.98. The molecule has 0 radical (unpaired) electrons. The second-order valence-corrected chi connectivity index (χ2v) is 8.04. The van der Waals surface area contributed by atoms with E-state index in [0.717, 1.165) is 17.8 Å². The molecule has 0 bridgehead atoms. The van der Waals surface area contributed by atoms with Gasteiger partial charge >= 0.3 is 0 Å². The molecule has 1 aromatic heterocycles. The zero-order chi connectivity index (χ0) is 19.6. The average molecular weight is 411 g/mol. The molecule has 1 aromatic carbocycles. The summed E-state index contributed by atoms with van der Waals surface area (Å²) in [6, 6.07) is 4.07. The Bertz CT molecular complexity index is 860. The van der Waals surface area contributed by atoms with Crippen LogP contribution in [0.2, 0.25) is 5.02 Å². The number of aromatic nitrogens is 2. The van der Waals surface area contributed by atoms with Gasteiger partial charge in [-0.2, -0.15) is 0 Å². The molecule has 0 saturated carbocycles. The molecular formula is C18H20ClFN4O2S. The van der Waals surface area contributed by atoms with E-state index in [9.17, 15) is 14.0 Å². The Morgan fingerprint density at radius 1 is 1.48 bits per heavy atom. The van der Waals surface area contributed by atoms with E-state index in [2.05, 4.69) is 29.4 Å². The molecule has 2 aromatic rings. The number of rotatable bonds is 6. The molecule has 6 nitrogen and oxygen atoms in total. The minimum atomic E-state index is -0.550. The van der Waals surface area contributed by atoms with Crippen molar-refractivity contribution >= 4 is 45.6 Å². The molecule has 1 N–H and O–H groups in total. The molecule has 9 heteroatoms. The zero-order valence-electron chi connectivity index (χ0n) is 15.0. The molecule has 2 atom stereocenters. The molecule has 1 aliphatic heterocycles. The lowest BCUT2D eigenvalue weighted by molar-refractivity contribution is -0.122. The van der Waals surface area contributed by atoms with Gasteiger partial charge in [0.15, 0.2) is 0 Å². The predicted molar refractivity (Wildman–Crippen MR) is 104 cm³/mol. The highest BCUT2D eigenvalue weighted by atomic mass is 35.5. The van der Waals surface area contributed by atoms with Crippen molar-refractivity contribution in [1.29, 1.82) is 0 Å². The van der Waals surface area contributed by atoms with E-state index in [1.807, 2.05) is 0 Å². The Labute approximate surface area is 165 Å². The molecule has 0 spiro atoms. The van der Waals surface area contributed by atoms with E-state index in [1.165, 1.54) is 34.4 Å². The number of hydrogen-bond acceptors (Lipinski definition) is 5. The van der Waals surface area contributed by atoms with Gasteiger partial charge in [0.1, 0.15) is 10.8 Å². The summed E-state index contributed by atoms with van der Waals surface area (Å²) in [4.78, 5) is 26.3. The van der Waals surface area contributed by atoms with Crippen molar-refractivity contribution in [2.24, 2.45) is 5.92 Å². The molecular weight excluding hydrogens is 391 g/mol. The van der Waals surface area contributed by atoms with Crippen LogP contribution in [0.3, 0.4) is 0 Å². The average Bonchev–Trinajstić information content (AvgIpc) is 3.24. The summed E-state index contributed by atoms with van der Waals surface area (Å²) in [5.41, 5.74) is 0.480. The molecule has 144 valence electrons. The first-order chi connectivity index (χ1) is 12.9. The first kappa shape index (κ1) is 19.7. The Balaban J connectivity index is 1.64. The molecule has 2 amide bonds. The lowest BCUT2D eigenvalue weighted by atomic mass is 10.1. The summed E-state index contributed by atoms with van der Waals surface area (Å²) in [6.07, 6.45) is 2.14. The highest BCUT2D eigenvalue weighted by Crippen LogP contribution is 2.30. The van der Waals surface area contributed by atoms with Crippen LogP contribution >= 0.6 is 22.9 Å². The van der Waals surface area contributed by atoms with Gasteiger partial charge in [-0.3, -0.25) is 9.59 Å². The number of carbonyl (C=O) groups is 2. The summed E-state index contributed by atoms with van der Waals surface area (Å²) < 4.78 is 13.3. The Morgan fingerprint density at radius 2 is 2.26 bits per heavy atom. The Morgan fingerprint density at radius 3 is 2.96 bits per heavy atom. The summed E-state index contributed by atoms with van der Waals surface area (Å²) >= 11 is 7.15. The van der Waals surface area contributed by atoms with Crippen LogP contribution in [0.1, 0.15) is 44.0 Å². The summed E-state index contributed by atoms with van der Waals surface area (Å²) in [6.45, 7) is 4.40. The molecule has 1 aliphatic rings. The third kappa shape index (κ3) is 4.44. The van der Waals surface area contributed by atoms with Crippen molar-refractivity contribution in [3.8, 4) is 0 Å². The maximum Gasteiger partial charge on any atom is 0.231 e. The third-order valence-electron chi connectivity index (χ3n) is 4.52. The van der Waals surface area contributed by atoms with Crippen LogP contribution in [0.25, 0.3) is 0 Å². The van der Waals surface area contributed by atoms with Gasteiger partial charge in [0.25, 0.3) is 0 Å². The van der Waals surface area contributed by atoms with Crippen molar-refractivity contribution in [2.75, 3.05) is 16.8 Å². The zero-order valence-corrected chi connectivity index (χ0v) is 16.6. The van der Waals surface area contributed by atoms with Gasteiger partial charge in [0.05, 0.1) is 10.9 Å². The number of carbonyl (C=O) groups excluding carboxylic acids is 2. The summed E-state index contributed by atoms with van der Waals surface area (Å²) in [5, 5.41) is 12.2. The number of nitrogens with one attached hydrogen (secondary N) is 1. The quantitative estimate of drug-likeness (QED) is 0.773. The van der Waals surface area contributed by atoms with Crippen LogP contribution in [0.15, 0.2) is 18.2 Å². The van der Waals surface area contributed by atoms with Gasteiger partial charge in [-0.05, 0) is 24.6 Å². The number of hydrogen-bond donors (Lipinski definition) is 1. The molecule has 1 saturated heterocycles. The van der Waals surface area contributed by atoms with Gasteiger partial charge in [0.2, 0.25) is 16.9 Å². The minimum Gasteiger partial charge on any atom is -0.312 e. The van der Waals surface area contributed by atoms with E-state index in [4.69, 9.17) is 11.6 Å². The van der Waals surface area contributed by atoms with Gasteiger partial charge in [-0.25, -0.2) is 4.39 Å². The van der Waals surface area contributed by atoms with Crippen LogP contribution in [-0.4, -0.2) is 28.6 Å². The monoisotopic (exact) mass is 410 g/mol. The number of benzene rings is 1. The van der Waals surface area contributed by atoms with Crippen LogP contribution in [-0.2, 0) is 9.59 Å². The highest BCUT2D eigenvalue weighted by molar-refractivity contribution is 7.15. The van der Waals surface area contributed by atoms with Crippen molar-refractivity contribution in [2.45, 2.75) is 39.0 Å². The maximum absolute atomic E-state index is 13.3. The first-order valence-electron chi connectivity index (χ1n) is 8.78. The van der Waals surface area contributed by atoms with E-state index < -0.39 is 11.7 Å². The van der Waals surface area contributed by atoms with Gasteiger partial charge in [-0.1, -0.05) is 43.2 Å². The molecule has 2 heterocycles. The fraction of sp³-hybridized carbons (Fsp3) is 0.444. The van der Waals surface area contributed by atoms with E-state index in [-0.39, 0.29) is 29.8 Å². The lowest BCUT2D eigenvalue weighted by Gasteiger charge is -2.17. The summed E-state index contributed by atoms with van der Waals surface area (Å²) in [5.74, 6) is -1.24. The molecule has 27 heavy (non-hydrogen) atoms. The van der Waals surface area contributed by atoms with Gasteiger partial charge in [0, 0.05) is 24.6 Å². The van der Waals surface area contributed by atoms with Crippen molar-refractivity contribution in [3.05, 3.63) is 34.0 Å².